The van der Waals surface area contributed by atoms with Crippen molar-refractivity contribution < 1.29 is 35.9 Å². The molecule has 0 aliphatic heterocycles. The van der Waals surface area contributed by atoms with Gasteiger partial charge in [0, 0.05) is 5.56 Å². The molecule has 8 nitrogen and oxygen atoms in total. The number of esters is 1. The minimum absolute atomic E-state index is 0.0320. The summed E-state index contributed by atoms with van der Waals surface area (Å²) in [5, 5.41) is 5.15. The summed E-state index contributed by atoms with van der Waals surface area (Å²) in [6.07, 6.45) is -4.55. The summed E-state index contributed by atoms with van der Waals surface area (Å²) < 4.78 is 68.1. The van der Waals surface area contributed by atoms with E-state index in [4.69, 9.17) is 9.88 Å². The highest BCUT2D eigenvalue weighted by Crippen LogP contribution is 2.29. The van der Waals surface area contributed by atoms with Gasteiger partial charge in [0.15, 0.2) is 4.80 Å². The lowest BCUT2D eigenvalue weighted by atomic mass is 10.1. The van der Waals surface area contributed by atoms with E-state index in [1.54, 1.807) is 6.92 Å². The van der Waals surface area contributed by atoms with Crippen molar-refractivity contribution in [3.05, 3.63) is 58.4 Å². The Balaban J connectivity index is 2.11. The molecule has 32 heavy (non-hydrogen) atoms. The van der Waals surface area contributed by atoms with Crippen molar-refractivity contribution >= 4 is 43.5 Å². The molecule has 1 aromatic heterocycles. The molecule has 0 aliphatic rings. The van der Waals surface area contributed by atoms with Gasteiger partial charge >= 0.3 is 12.1 Å². The van der Waals surface area contributed by atoms with E-state index in [1.165, 1.54) is 22.8 Å². The van der Waals surface area contributed by atoms with Crippen molar-refractivity contribution in [3.63, 3.8) is 0 Å². The van der Waals surface area contributed by atoms with Gasteiger partial charge in [-0.15, -0.1) is 0 Å². The molecule has 0 fully saturated rings. The van der Waals surface area contributed by atoms with Gasteiger partial charge in [-0.25, -0.2) is 13.6 Å². The zero-order valence-electron chi connectivity index (χ0n) is 16.4. The third-order valence-electron chi connectivity index (χ3n) is 4.23. The lowest BCUT2D eigenvalue weighted by molar-refractivity contribution is -0.143. The van der Waals surface area contributed by atoms with Gasteiger partial charge in [-0.1, -0.05) is 11.3 Å². The Kier molecular flexibility index (Phi) is 6.53. The molecule has 0 spiro atoms. The van der Waals surface area contributed by atoms with Crippen molar-refractivity contribution in [1.82, 2.24) is 4.57 Å². The number of alkyl halides is 3. The van der Waals surface area contributed by atoms with Crippen LogP contribution in [0, 0.1) is 0 Å². The summed E-state index contributed by atoms with van der Waals surface area (Å²) in [5.41, 5.74) is -0.610. The monoisotopic (exact) mass is 487 g/mol. The first-order chi connectivity index (χ1) is 14.9. The zero-order chi connectivity index (χ0) is 23.7. The number of hydrogen-bond acceptors (Lipinski definition) is 6. The van der Waals surface area contributed by atoms with E-state index in [0.717, 1.165) is 35.6 Å². The molecule has 0 atom stereocenters. The van der Waals surface area contributed by atoms with Gasteiger partial charge in [0.25, 0.3) is 5.91 Å². The van der Waals surface area contributed by atoms with E-state index in [0.29, 0.717) is 10.2 Å². The second-order valence-corrected chi connectivity index (χ2v) is 9.01. The third kappa shape index (κ3) is 5.23. The first kappa shape index (κ1) is 23.6. The maximum absolute atomic E-state index is 12.7. The van der Waals surface area contributed by atoms with E-state index in [2.05, 4.69) is 4.99 Å². The van der Waals surface area contributed by atoms with Gasteiger partial charge in [0.1, 0.15) is 6.54 Å². The topological polar surface area (TPSA) is 121 Å². The number of amides is 1. The predicted octanol–water partition coefficient (Wildman–Crippen LogP) is 2.67. The van der Waals surface area contributed by atoms with E-state index in [1.807, 2.05) is 0 Å². The SMILES string of the molecule is CCOC(=O)Cn1c(=NC(=O)c2ccc(C(F)(F)F)cc2)sc2cc(S(N)(=O)=O)ccc21. The van der Waals surface area contributed by atoms with Crippen molar-refractivity contribution in [2.75, 3.05) is 6.61 Å². The number of ether oxygens (including phenoxy) is 1. The van der Waals surface area contributed by atoms with E-state index < -0.39 is 33.6 Å². The highest BCUT2D eigenvalue weighted by atomic mass is 32.2. The average Bonchev–Trinajstić information content (AvgIpc) is 3.03. The summed E-state index contributed by atoms with van der Waals surface area (Å²) in [6.45, 7) is 1.42. The van der Waals surface area contributed by atoms with Crippen LogP contribution in [-0.2, 0) is 32.3 Å². The Hall–Kier alpha value is -3.03. The second kappa shape index (κ2) is 8.84. The summed E-state index contributed by atoms with van der Waals surface area (Å²) in [5.74, 6) is -1.46. The van der Waals surface area contributed by atoms with Crippen LogP contribution in [0.1, 0.15) is 22.8 Å². The van der Waals surface area contributed by atoms with Crippen LogP contribution in [0.2, 0.25) is 0 Å². The van der Waals surface area contributed by atoms with E-state index in [-0.39, 0.29) is 28.4 Å². The van der Waals surface area contributed by atoms with E-state index >= 15 is 0 Å². The van der Waals surface area contributed by atoms with Crippen LogP contribution < -0.4 is 9.94 Å². The van der Waals surface area contributed by atoms with Gasteiger partial charge in [-0.05, 0) is 49.4 Å². The summed E-state index contributed by atoms with van der Waals surface area (Å²) in [7, 11) is -4.00. The number of halogens is 3. The molecular weight excluding hydrogens is 471 g/mol. The van der Waals surface area contributed by atoms with Crippen molar-refractivity contribution in [3.8, 4) is 0 Å². The Labute approximate surface area is 183 Å². The molecule has 1 amide bonds. The van der Waals surface area contributed by atoms with Crippen molar-refractivity contribution in [2.24, 2.45) is 10.1 Å². The second-order valence-electron chi connectivity index (χ2n) is 6.44. The molecule has 0 aliphatic carbocycles. The molecular formula is C19H16F3N3O5S2. The fraction of sp³-hybridized carbons (Fsp3) is 0.211. The average molecular weight is 487 g/mol. The number of carbonyl (C=O) groups is 2. The highest BCUT2D eigenvalue weighted by Gasteiger charge is 2.30. The Morgan fingerprint density at radius 1 is 1.16 bits per heavy atom. The number of carbonyl (C=O) groups excluding carboxylic acids is 2. The lowest BCUT2D eigenvalue weighted by Gasteiger charge is -2.06. The molecule has 3 aromatic rings. The normalized spacial score (nSPS) is 12.8. The summed E-state index contributed by atoms with van der Waals surface area (Å²) >= 11 is 0.912. The number of rotatable bonds is 5. The van der Waals surface area contributed by atoms with Crippen molar-refractivity contribution in [1.29, 1.82) is 0 Å². The summed E-state index contributed by atoms with van der Waals surface area (Å²) in [4.78, 5) is 28.4. The summed E-state index contributed by atoms with van der Waals surface area (Å²) in [6, 6.07) is 7.45. The molecule has 0 unspecified atom stereocenters. The van der Waals surface area contributed by atoms with Gasteiger partial charge in [0.05, 0.1) is 27.3 Å². The van der Waals surface area contributed by atoms with Crippen LogP contribution in [0.4, 0.5) is 13.2 Å². The number of benzene rings is 2. The number of sulfonamides is 1. The van der Waals surface area contributed by atoms with Gasteiger partial charge in [0.2, 0.25) is 10.0 Å². The van der Waals surface area contributed by atoms with Gasteiger partial charge in [-0.3, -0.25) is 9.59 Å². The van der Waals surface area contributed by atoms with Crippen molar-refractivity contribution in [2.45, 2.75) is 24.5 Å². The minimum Gasteiger partial charge on any atom is -0.465 e. The quantitative estimate of drug-likeness (QED) is 0.555. The Morgan fingerprint density at radius 2 is 1.81 bits per heavy atom. The highest BCUT2D eigenvalue weighted by molar-refractivity contribution is 7.89. The lowest BCUT2D eigenvalue weighted by Crippen LogP contribution is -2.23. The Morgan fingerprint density at radius 3 is 2.38 bits per heavy atom. The van der Waals surface area contributed by atoms with Crippen LogP contribution >= 0.6 is 11.3 Å². The molecule has 2 aromatic carbocycles. The largest absolute Gasteiger partial charge is 0.465 e. The number of thiazole rings is 1. The molecule has 170 valence electrons. The molecule has 1 heterocycles. The number of hydrogen-bond donors (Lipinski definition) is 1. The number of primary sulfonamides is 1. The first-order valence-electron chi connectivity index (χ1n) is 8.98. The van der Waals surface area contributed by atoms with Crippen LogP contribution in [0.15, 0.2) is 52.4 Å². The first-order valence-corrected chi connectivity index (χ1v) is 11.3. The number of fused-ring (bicyclic) bond motifs is 1. The fourth-order valence-electron chi connectivity index (χ4n) is 2.76. The Bertz CT molecular complexity index is 1360. The minimum atomic E-state index is -4.55. The number of aromatic nitrogens is 1. The molecule has 0 radical (unpaired) electrons. The predicted molar refractivity (Wildman–Crippen MR) is 109 cm³/mol. The van der Waals surface area contributed by atoms with E-state index in [9.17, 15) is 31.2 Å². The molecule has 13 heteroatoms. The number of nitrogens with zero attached hydrogens (tertiary/aromatic N) is 2. The smallest absolute Gasteiger partial charge is 0.416 e. The maximum Gasteiger partial charge on any atom is 0.416 e. The maximum atomic E-state index is 12.7. The van der Waals surface area contributed by atoms with Crippen LogP contribution in [0.3, 0.4) is 0 Å². The molecule has 3 rings (SSSR count). The standard InChI is InChI=1S/C19H16F3N3O5S2/c1-2-30-16(26)10-25-14-8-7-13(32(23,28)29)9-15(14)31-18(25)24-17(27)11-3-5-12(6-4-11)19(20,21)22/h3-9H,2,10H2,1H3,(H2,23,28,29). The third-order valence-corrected chi connectivity index (χ3v) is 6.18. The van der Waals surface area contributed by atoms with Crippen LogP contribution in [0.5, 0.6) is 0 Å². The molecule has 2 N–H and O–H groups in total. The molecule has 0 saturated carbocycles. The van der Waals surface area contributed by atoms with Gasteiger partial charge in [-0.2, -0.15) is 18.2 Å². The fourth-order valence-corrected chi connectivity index (χ4v) is 4.44. The van der Waals surface area contributed by atoms with Crippen LogP contribution in [0.25, 0.3) is 10.2 Å². The van der Waals surface area contributed by atoms with Gasteiger partial charge < -0.3 is 9.30 Å². The molecule has 0 saturated heterocycles. The number of nitrogens with two attached hydrogens (primary N) is 1. The molecule has 0 bridgehead atoms. The van der Waals surface area contributed by atoms with Crippen LogP contribution in [-0.4, -0.2) is 31.5 Å². The zero-order valence-corrected chi connectivity index (χ0v) is 18.1.